The zero-order valence-corrected chi connectivity index (χ0v) is 8.58. The molecule has 82 valence electrons. The third-order valence-electron chi connectivity index (χ3n) is 1.40. The van der Waals surface area contributed by atoms with Gasteiger partial charge in [-0.3, -0.25) is 0 Å². The number of carbonyl (C=O) groups is 1. The number of carboxylic acid groups (broad SMARTS) is 1. The van der Waals surface area contributed by atoms with E-state index in [9.17, 15) is 18.0 Å². The van der Waals surface area contributed by atoms with Crippen molar-refractivity contribution in [3.8, 4) is 0 Å². The molecule has 2 nitrogen and oxygen atoms in total. The summed E-state index contributed by atoms with van der Waals surface area (Å²) in [7, 11) is 0. The largest absolute Gasteiger partial charge is 0.478 e. The lowest BCUT2D eigenvalue weighted by molar-refractivity contribution is -0.0328. The van der Waals surface area contributed by atoms with Crippen LogP contribution in [-0.4, -0.2) is 16.6 Å². The third-order valence-corrected chi connectivity index (χ3v) is 2.42. The van der Waals surface area contributed by atoms with Gasteiger partial charge in [-0.25, -0.2) is 4.79 Å². The highest BCUT2D eigenvalue weighted by atomic mass is 35.5. The van der Waals surface area contributed by atoms with Gasteiger partial charge in [0.25, 0.3) is 0 Å². The maximum absolute atomic E-state index is 12.0. The van der Waals surface area contributed by atoms with Crippen LogP contribution in [0.1, 0.15) is 10.4 Å². The molecule has 0 atom stereocenters. The van der Waals surface area contributed by atoms with Crippen molar-refractivity contribution >= 4 is 29.3 Å². The second-order valence-electron chi connectivity index (χ2n) is 2.49. The molecule has 1 aromatic carbocycles. The van der Waals surface area contributed by atoms with Gasteiger partial charge in [-0.15, -0.1) is 0 Å². The number of carboxylic acids is 1. The Kier molecular flexibility index (Phi) is 3.51. The molecule has 0 amide bonds. The number of aromatic carboxylic acids is 1. The van der Waals surface area contributed by atoms with Crippen LogP contribution in [0.3, 0.4) is 0 Å². The molecule has 0 radical (unpaired) electrons. The van der Waals surface area contributed by atoms with Crippen LogP contribution in [0.4, 0.5) is 13.2 Å². The van der Waals surface area contributed by atoms with Crippen molar-refractivity contribution in [3.63, 3.8) is 0 Å². The molecule has 0 aliphatic heterocycles. The first-order valence-electron chi connectivity index (χ1n) is 3.58. The fourth-order valence-corrected chi connectivity index (χ4v) is 1.82. The summed E-state index contributed by atoms with van der Waals surface area (Å²) in [5.74, 6) is -1.42. The van der Waals surface area contributed by atoms with Gasteiger partial charge in [-0.1, -0.05) is 11.6 Å². The second kappa shape index (κ2) is 4.32. The van der Waals surface area contributed by atoms with E-state index < -0.39 is 33.7 Å². The Morgan fingerprint density at radius 2 is 2.00 bits per heavy atom. The standard InChI is InChI=1S/C8H4ClF3O2S/c9-4-1-2-5(7(13)14)6(3-4)15-8(10,11)12/h1-3H,(H,13,14). The van der Waals surface area contributed by atoms with E-state index in [0.717, 1.165) is 12.1 Å². The molecule has 0 heterocycles. The number of halogens is 4. The van der Waals surface area contributed by atoms with Crippen LogP contribution in [-0.2, 0) is 0 Å². The number of hydrogen-bond acceptors (Lipinski definition) is 2. The second-order valence-corrected chi connectivity index (χ2v) is 4.04. The summed E-state index contributed by atoms with van der Waals surface area (Å²) in [5, 5.41) is 8.69. The predicted octanol–water partition coefficient (Wildman–Crippen LogP) is 3.65. The molecule has 0 fully saturated rings. The minimum Gasteiger partial charge on any atom is -0.478 e. The van der Waals surface area contributed by atoms with Crippen LogP contribution in [0.25, 0.3) is 0 Å². The fraction of sp³-hybridized carbons (Fsp3) is 0.125. The lowest BCUT2D eigenvalue weighted by Gasteiger charge is -2.08. The summed E-state index contributed by atoms with van der Waals surface area (Å²) < 4.78 is 36.1. The SMILES string of the molecule is O=C(O)c1ccc(Cl)cc1SC(F)(F)F. The summed E-state index contributed by atoms with van der Waals surface area (Å²) in [4.78, 5) is 10.2. The number of rotatable bonds is 2. The van der Waals surface area contributed by atoms with Gasteiger partial charge in [0.15, 0.2) is 0 Å². The van der Waals surface area contributed by atoms with Gasteiger partial charge in [0.1, 0.15) is 0 Å². The first-order valence-corrected chi connectivity index (χ1v) is 4.77. The van der Waals surface area contributed by atoms with Gasteiger partial charge in [0.2, 0.25) is 0 Å². The average Bonchev–Trinajstić information content (AvgIpc) is 1.99. The first kappa shape index (κ1) is 12.2. The number of benzene rings is 1. The van der Waals surface area contributed by atoms with Gasteiger partial charge in [-0.05, 0) is 30.0 Å². The van der Waals surface area contributed by atoms with E-state index >= 15 is 0 Å². The highest BCUT2D eigenvalue weighted by Crippen LogP contribution is 2.39. The molecule has 0 unspecified atom stereocenters. The van der Waals surface area contributed by atoms with Crippen LogP contribution < -0.4 is 0 Å². The van der Waals surface area contributed by atoms with E-state index in [1.165, 1.54) is 6.07 Å². The Hall–Kier alpha value is -0.880. The topological polar surface area (TPSA) is 37.3 Å². The van der Waals surface area contributed by atoms with Crippen LogP contribution in [0.5, 0.6) is 0 Å². The molecule has 15 heavy (non-hydrogen) atoms. The van der Waals surface area contributed by atoms with Gasteiger partial charge in [0.05, 0.1) is 5.56 Å². The van der Waals surface area contributed by atoms with Crippen LogP contribution >= 0.6 is 23.4 Å². The monoisotopic (exact) mass is 256 g/mol. The smallest absolute Gasteiger partial charge is 0.446 e. The number of hydrogen-bond donors (Lipinski definition) is 1. The molecule has 0 aliphatic carbocycles. The van der Waals surface area contributed by atoms with Crippen molar-refractivity contribution in [3.05, 3.63) is 28.8 Å². The van der Waals surface area contributed by atoms with E-state index in [1.54, 1.807) is 0 Å². The molecule has 0 bridgehead atoms. The van der Waals surface area contributed by atoms with Crippen molar-refractivity contribution in [2.45, 2.75) is 10.4 Å². The van der Waals surface area contributed by atoms with Gasteiger partial charge >= 0.3 is 11.5 Å². The zero-order valence-electron chi connectivity index (χ0n) is 7.01. The maximum atomic E-state index is 12.0. The van der Waals surface area contributed by atoms with E-state index in [0.29, 0.717) is 0 Å². The molecule has 0 saturated carbocycles. The molecular weight excluding hydrogens is 253 g/mol. The molecular formula is C8H4ClF3O2S. The van der Waals surface area contributed by atoms with Gasteiger partial charge in [-0.2, -0.15) is 13.2 Å². The molecule has 7 heteroatoms. The van der Waals surface area contributed by atoms with Crippen molar-refractivity contribution in [2.24, 2.45) is 0 Å². The maximum Gasteiger partial charge on any atom is 0.446 e. The normalized spacial score (nSPS) is 11.5. The molecule has 0 spiro atoms. The molecule has 0 aliphatic rings. The predicted molar refractivity (Wildman–Crippen MR) is 50.3 cm³/mol. The van der Waals surface area contributed by atoms with Crippen LogP contribution in [0.2, 0.25) is 5.02 Å². The first-order chi connectivity index (χ1) is 6.79. The number of thioether (sulfide) groups is 1. The summed E-state index contributed by atoms with van der Waals surface area (Å²) >= 11 is 4.98. The third kappa shape index (κ3) is 3.64. The Labute approximate surface area is 92.0 Å². The lowest BCUT2D eigenvalue weighted by Crippen LogP contribution is -2.04. The zero-order chi connectivity index (χ0) is 11.6. The highest BCUT2D eigenvalue weighted by Gasteiger charge is 2.31. The molecule has 1 aromatic rings. The van der Waals surface area contributed by atoms with E-state index in [4.69, 9.17) is 16.7 Å². The van der Waals surface area contributed by atoms with E-state index in [2.05, 4.69) is 0 Å². The van der Waals surface area contributed by atoms with E-state index in [-0.39, 0.29) is 5.02 Å². The van der Waals surface area contributed by atoms with Gasteiger partial charge in [0, 0.05) is 9.92 Å². The molecule has 0 saturated heterocycles. The number of alkyl halides is 3. The van der Waals surface area contributed by atoms with Crippen molar-refractivity contribution in [1.82, 2.24) is 0 Å². The average molecular weight is 257 g/mol. The Balaban J connectivity index is 3.13. The Bertz CT molecular complexity index is 392. The Morgan fingerprint density at radius 1 is 1.40 bits per heavy atom. The fourth-order valence-electron chi connectivity index (χ4n) is 0.882. The van der Waals surface area contributed by atoms with Crippen molar-refractivity contribution < 1.29 is 23.1 Å². The summed E-state index contributed by atoms with van der Waals surface area (Å²) in [6, 6.07) is 3.24. The summed E-state index contributed by atoms with van der Waals surface area (Å²) in [6.45, 7) is 0. The summed E-state index contributed by atoms with van der Waals surface area (Å²) in [5.41, 5.74) is -4.95. The Morgan fingerprint density at radius 3 is 2.47 bits per heavy atom. The highest BCUT2D eigenvalue weighted by molar-refractivity contribution is 8.00. The van der Waals surface area contributed by atoms with Crippen molar-refractivity contribution in [1.29, 1.82) is 0 Å². The van der Waals surface area contributed by atoms with E-state index in [1.807, 2.05) is 0 Å². The molecule has 0 aromatic heterocycles. The van der Waals surface area contributed by atoms with Crippen LogP contribution in [0, 0.1) is 0 Å². The summed E-state index contributed by atoms with van der Waals surface area (Å²) in [6.07, 6.45) is 0. The van der Waals surface area contributed by atoms with Crippen molar-refractivity contribution in [2.75, 3.05) is 0 Å². The molecule has 1 N–H and O–H groups in total. The molecule has 1 rings (SSSR count). The van der Waals surface area contributed by atoms with Gasteiger partial charge < -0.3 is 5.11 Å². The minimum absolute atomic E-state index is 0.0618. The van der Waals surface area contributed by atoms with Crippen LogP contribution in [0.15, 0.2) is 23.1 Å². The lowest BCUT2D eigenvalue weighted by atomic mass is 10.2. The minimum atomic E-state index is -4.53. The quantitative estimate of drug-likeness (QED) is 0.821.